The van der Waals surface area contributed by atoms with Gasteiger partial charge in [0.05, 0.1) is 5.75 Å². The van der Waals surface area contributed by atoms with Gasteiger partial charge in [0.1, 0.15) is 0 Å². The average molecular weight is 428 g/mol. The summed E-state index contributed by atoms with van der Waals surface area (Å²) in [6, 6.07) is 12.4. The molecule has 3 aromatic rings. The lowest BCUT2D eigenvalue weighted by atomic mass is 10.1. The molecule has 0 radical (unpaired) electrons. The Balaban J connectivity index is 1.30. The van der Waals surface area contributed by atoms with Gasteiger partial charge in [0.25, 0.3) is 0 Å². The zero-order valence-electron chi connectivity index (χ0n) is 16.7. The Bertz CT molecular complexity index is 961. The van der Waals surface area contributed by atoms with Gasteiger partial charge in [-0.15, -0.1) is 21.5 Å². The number of amides is 1. The lowest BCUT2D eigenvalue weighted by molar-refractivity contribution is -0.130. The minimum atomic E-state index is 0.172. The van der Waals surface area contributed by atoms with Crippen molar-refractivity contribution in [1.29, 1.82) is 0 Å². The fraction of sp³-hybridized carbons (Fsp3) is 0.381. The first-order valence-electron chi connectivity index (χ1n) is 9.72. The maximum absolute atomic E-state index is 12.7. The molecule has 0 N–H and O–H groups in total. The lowest BCUT2D eigenvalue weighted by Crippen LogP contribution is -2.48. The Morgan fingerprint density at radius 1 is 1.10 bits per heavy atom. The van der Waals surface area contributed by atoms with E-state index < -0.39 is 0 Å². The number of piperazine rings is 1. The largest absolute Gasteiger partial charge is 0.339 e. The zero-order valence-corrected chi connectivity index (χ0v) is 18.4. The number of thiophene rings is 1. The highest BCUT2D eigenvalue weighted by molar-refractivity contribution is 7.99. The SMILES string of the molecule is Cc1ccccc1-c1nnc(SCC(=O)N2CCN(Cc3cccs3)CC2)n1C. The van der Waals surface area contributed by atoms with Crippen LogP contribution >= 0.6 is 23.1 Å². The molecule has 0 spiro atoms. The Morgan fingerprint density at radius 3 is 2.62 bits per heavy atom. The third-order valence-corrected chi connectivity index (χ3v) is 7.10. The third kappa shape index (κ3) is 4.71. The van der Waals surface area contributed by atoms with E-state index in [-0.39, 0.29) is 5.91 Å². The number of hydrogen-bond donors (Lipinski definition) is 0. The van der Waals surface area contributed by atoms with Crippen molar-refractivity contribution in [3.05, 3.63) is 52.2 Å². The normalized spacial score (nSPS) is 15.0. The van der Waals surface area contributed by atoms with Crippen molar-refractivity contribution in [2.24, 2.45) is 7.05 Å². The molecule has 0 unspecified atom stereocenters. The molecule has 4 rings (SSSR count). The maximum Gasteiger partial charge on any atom is 0.233 e. The highest BCUT2D eigenvalue weighted by Gasteiger charge is 2.22. The second kappa shape index (κ2) is 9.11. The number of thioether (sulfide) groups is 1. The molecule has 1 aromatic carbocycles. The summed E-state index contributed by atoms with van der Waals surface area (Å²) >= 11 is 3.25. The van der Waals surface area contributed by atoms with E-state index in [1.807, 2.05) is 28.6 Å². The molecule has 1 amide bonds. The van der Waals surface area contributed by atoms with Crippen molar-refractivity contribution in [1.82, 2.24) is 24.6 Å². The second-order valence-corrected chi connectivity index (χ2v) is 9.18. The molecule has 0 bridgehead atoms. The van der Waals surface area contributed by atoms with Gasteiger partial charge in [0.15, 0.2) is 11.0 Å². The molecule has 6 nitrogen and oxygen atoms in total. The highest BCUT2D eigenvalue weighted by atomic mass is 32.2. The first kappa shape index (κ1) is 20.1. The first-order chi connectivity index (χ1) is 14.1. The predicted molar refractivity (Wildman–Crippen MR) is 118 cm³/mol. The predicted octanol–water partition coefficient (Wildman–Crippen LogP) is 3.29. The lowest BCUT2D eigenvalue weighted by Gasteiger charge is -2.34. The second-order valence-electron chi connectivity index (χ2n) is 7.21. The fourth-order valence-electron chi connectivity index (χ4n) is 3.49. The molecule has 0 aliphatic carbocycles. The van der Waals surface area contributed by atoms with Crippen molar-refractivity contribution in [2.45, 2.75) is 18.6 Å². The van der Waals surface area contributed by atoms with Gasteiger partial charge in [-0.2, -0.15) is 0 Å². The fourth-order valence-corrected chi connectivity index (χ4v) is 5.05. The van der Waals surface area contributed by atoms with Crippen LogP contribution in [0.5, 0.6) is 0 Å². The van der Waals surface area contributed by atoms with Gasteiger partial charge in [0, 0.05) is 50.2 Å². The molecular formula is C21H25N5OS2. The van der Waals surface area contributed by atoms with Crippen molar-refractivity contribution >= 4 is 29.0 Å². The van der Waals surface area contributed by atoms with Crippen LogP contribution < -0.4 is 0 Å². The number of rotatable bonds is 6. The van der Waals surface area contributed by atoms with E-state index in [1.165, 1.54) is 16.6 Å². The highest BCUT2D eigenvalue weighted by Crippen LogP contribution is 2.25. The van der Waals surface area contributed by atoms with Gasteiger partial charge < -0.3 is 9.47 Å². The van der Waals surface area contributed by atoms with Crippen LogP contribution in [-0.4, -0.2) is 62.4 Å². The van der Waals surface area contributed by atoms with Crippen LogP contribution in [-0.2, 0) is 18.4 Å². The molecule has 1 aliphatic heterocycles. The number of carbonyl (C=O) groups excluding carboxylic acids is 1. The van der Waals surface area contributed by atoms with E-state index >= 15 is 0 Å². The molecule has 152 valence electrons. The molecule has 1 saturated heterocycles. The van der Waals surface area contributed by atoms with Crippen molar-refractivity contribution in [3.8, 4) is 11.4 Å². The summed E-state index contributed by atoms with van der Waals surface area (Å²) in [6.07, 6.45) is 0. The van der Waals surface area contributed by atoms with Crippen molar-refractivity contribution in [3.63, 3.8) is 0 Å². The Hall–Kier alpha value is -2.16. The van der Waals surface area contributed by atoms with Gasteiger partial charge in [-0.25, -0.2) is 0 Å². The molecule has 1 aliphatic rings. The van der Waals surface area contributed by atoms with Crippen LogP contribution in [0.25, 0.3) is 11.4 Å². The van der Waals surface area contributed by atoms with Gasteiger partial charge in [-0.1, -0.05) is 42.1 Å². The summed E-state index contributed by atoms with van der Waals surface area (Å²) < 4.78 is 1.97. The Morgan fingerprint density at radius 2 is 1.90 bits per heavy atom. The van der Waals surface area contributed by atoms with E-state index in [2.05, 4.69) is 51.7 Å². The summed E-state index contributed by atoms with van der Waals surface area (Å²) in [4.78, 5) is 18.4. The average Bonchev–Trinajstić information content (AvgIpc) is 3.37. The topological polar surface area (TPSA) is 54.3 Å². The minimum Gasteiger partial charge on any atom is -0.339 e. The summed E-state index contributed by atoms with van der Waals surface area (Å²) in [5.74, 6) is 1.40. The van der Waals surface area contributed by atoms with E-state index in [0.717, 1.165) is 54.8 Å². The standard InChI is InChI=1S/C21H25N5OS2/c1-16-6-3-4-8-18(16)20-22-23-21(24(20)2)29-15-19(27)26-11-9-25(10-12-26)14-17-7-5-13-28-17/h3-8,13H,9-12,14-15H2,1-2H3. The smallest absolute Gasteiger partial charge is 0.233 e. The summed E-state index contributed by atoms with van der Waals surface area (Å²) in [6.45, 7) is 6.48. The molecule has 29 heavy (non-hydrogen) atoms. The zero-order chi connectivity index (χ0) is 20.2. The Kier molecular flexibility index (Phi) is 6.32. The number of hydrogen-bond acceptors (Lipinski definition) is 6. The molecule has 3 heterocycles. The number of carbonyl (C=O) groups is 1. The summed E-state index contributed by atoms with van der Waals surface area (Å²) in [7, 11) is 1.96. The Labute approximate surface area is 179 Å². The van der Waals surface area contributed by atoms with Crippen LogP contribution in [0.15, 0.2) is 46.9 Å². The van der Waals surface area contributed by atoms with Gasteiger partial charge in [-0.05, 0) is 23.9 Å². The third-order valence-electron chi connectivity index (χ3n) is 5.23. The van der Waals surface area contributed by atoms with Crippen LogP contribution in [0.2, 0.25) is 0 Å². The van der Waals surface area contributed by atoms with Crippen LogP contribution in [0, 0.1) is 6.92 Å². The molecule has 0 saturated carbocycles. The molecule has 2 aromatic heterocycles. The maximum atomic E-state index is 12.7. The van der Waals surface area contributed by atoms with Crippen molar-refractivity contribution in [2.75, 3.05) is 31.9 Å². The van der Waals surface area contributed by atoms with Gasteiger partial charge in [-0.3, -0.25) is 9.69 Å². The van der Waals surface area contributed by atoms with E-state index in [4.69, 9.17) is 0 Å². The molecule has 8 heteroatoms. The number of benzene rings is 1. The van der Waals surface area contributed by atoms with E-state index in [9.17, 15) is 4.79 Å². The van der Waals surface area contributed by atoms with Crippen molar-refractivity contribution < 1.29 is 4.79 Å². The monoisotopic (exact) mass is 427 g/mol. The quantitative estimate of drug-likeness (QED) is 0.565. The molecule has 1 fully saturated rings. The number of nitrogens with zero attached hydrogens (tertiary/aromatic N) is 5. The number of aromatic nitrogens is 3. The molecular weight excluding hydrogens is 402 g/mol. The van der Waals surface area contributed by atoms with Crippen LogP contribution in [0.3, 0.4) is 0 Å². The van der Waals surface area contributed by atoms with Crippen LogP contribution in [0.1, 0.15) is 10.4 Å². The minimum absolute atomic E-state index is 0.172. The van der Waals surface area contributed by atoms with E-state index in [0.29, 0.717) is 5.75 Å². The molecule has 0 atom stereocenters. The van der Waals surface area contributed by atoms with Crippen LogP contribution in [0.4, 0.5) is 0 Å². The summed E-state index contributed by atoms with van der Waals surface area (Å²) in [5, 5.41) is 11.5. The first-order valence-corrected chi connectivity index (χ1v) is 11.6. The van der Waals surface area contributed by atoms with Gasteiger partial charge in [0.2, 0.25) is 5.91 Å². The summed E-state index contributed by atoms with van der Waals surface area (Å²) in [5.41, 5.74) is 2.23. The van der Waals surface area contributed by atoms with Gasteiger partial charge >= 0.3 is 0 Å². The van der Waals surface area contributed by atoms with E-state index in [1.54, 1.807) is 11.3 Å². The number of aryl methyl sites for hydroxylation is 1.